The molecule has 0 spiro atoms. The highest BCUT2D eigenvalue weighted by Gasteiger charge is 2.45. The number of sulfonamides is 1. The molecule has 0 aliphatic heterocycles. The Morgan fingerprint density at radius 2 is 1.61 bits per heavy atom. The van der Waals surface area contributed by atoms with Gasteiger partial charge in [0.2, 0.25) is 0 Å². The Morgan fingerprint density at radius 1 is 1.17 bits per heavy atom. The second kappa shape index (κ2) is 4.94. The molecular weight excluding hydrogens is 318 g/mol. The summed E-state index contributed by atoms with van der Waals surface area (Å²) in [6, 6.07) is 3.12. The standard InChI is InChI=1S/C8H4Cl2F3NO3S/c9-5-1-4(2-6(10)3-5)7(15)14-18(16,17)8(11,12)13/h1-3H,(H,14,15)/p-1. The second-order valence-corrected chi connectivity index (χ2v) is 5.44. The molecule has 4 nitrogen and oxygen atoms in total. The summed E-state index contributed by atoms with van der Waals surface area (Å²) in [6.45, 7) is 0. The summed E-state index contributed by atoms with van der Waals surface area (Å²) in [7, 11) is -5.88. The molecule has 0 saturated heterocycles. The van der Waals surface area contributed by atoms with Gasteiger partial charge in [0.25, 0.3) is 0 Å². The van der Waals surface area contributed by atoms with Crippen LogP contribution in [0.2, 0.25) is 10.0 Å². The van der Waals surface area contributed by atoms with E-state index in [1.54, 1.807) is 0 Å². The Labute approximate surface area is 110 Å². The average molecular weight is 321 g/mol. The van der Waals surface area contributed by atoms with E-state index in [1.807, 2.05) is 0 Å². The highest BCUT2D eigenvalue weighted by Crippen LogP contribution is 2.25. The van der Waals surface area contributed by atoms with E-state index in [2.05, 4.69) is 4.40 Å². The van der Waals surface area contributed by atoms with Crippen LogP contribution in [0, 0.1) is 0 Å². The minimum absolute atomic E-state index is 0.0366. The van der Waals surface area contributed by atoms with Crippen molar-refractivity contribution in [2.24, 2.45) is 4.40 Å². The molecule has 10 heteroatoms. The van der Waals surface area contributed by atoms with Crippen LogP contribution in [0.25, 0.3) is 0 Å². The summed E-state index contributed by atoms with van der Waals surface area (Å²) in [5.41, 5.74) is -6.09. The Kier molecular flexibility index (Phi) is 4.14. The first-order valence-corrected chi connectivity index (χ1v) is 6.27. The van der Waals surface area contributed by atoms with E-state index in [-0.39, 0.29) is 10.0 Å². The molecule has 0 aromatic heterocycles. The van der Waals surface area contributed by atoms with Gasteiger partial charge in [-0.15, -0.1) is 0 Å². The number of hydrogen-bond acceptors (Lipinski definition) is 3. The largest absolute Gasteiger partial charge is 0.858 e. The zero-order valence-corrected chi connectivity index (χ0v) is 10.5. The van der Waals surface area contributed by atoms with Crippen molar-refractivity contribution in [1.82, 2.24) is 0 Å². The van der Waals surface area contributed by atoms with Crippen LogP contribution in [0.15, 0.2) is 22.6 Å². The lowest BCUT2D eigenvalue weighted by molar-refractivity contribution is -0.212. The molecular formula is C8H3Cl2F3NO3S-. The number of benzene rings is 1. The second-order valence-electron chi connectivity index (χ2n) is 2.98. The van der Waals surface area contributed by atoms with Gasteiger partial charge in [-0.05, 0) is 23.8 Å². The molecule has 100 valence electrons. The third-order valence-corrected chi connectivity index (χ3v) is 3.03. The Hall–Kier alpha value is -0.990. The fourth-order valence-electron chi connectivity index (χ4n) is 0.891. The summed E-state index contributed by atoms with van der Waals surface area (Å²) < 4.78 is 59.3. The van der Waals surface area contributed by atoms with E-state index in [0.717, 1.165) is 12.1 Å². The molecule has 0 aliphatic rings. The van der Waals surface area contributed by atoms with Crippen LogP contribution in [-0.4, -0.2) is 19.8 Å². The summed E-state index contributed by atoms with van der Waals surface area (Å²) in [4.78, 5) is 0. The van der Waals surface area contributed by atoms with E-state index >= 15 is 0 Å². The maximum Gasteiger partial charge on any atom is 0.518 e. The van der Waals surface area contributed by atoms with Crippen molar-refractivity contribution in [3.8, 4) is 0 Å². The van der Waals surface area contributed by atoms with Crippen LogP contribution >= 0.6 is 23.2 Å². The van der Waals surface area contributed by atoms with Crippen molar-refractivity contribution < 1.29 is 26.7 Å². The zero-order valence-electron chi connectivity index (χ0n) is 8.20. The first-order valence-electron chi connectivity index (χ1n) is 4.07. The summed E-state index contributed by atoms with van der Waals surface area (Å²) in [6.07, 6.45) is 0. The zero-order chi connectivity index (χ0) is 14.1. The normalized spacial score (nSPS) is 13.7. The number of halogens is 5. The van der Waals surface area contributed by atoms with Gasteiger partial charge in [-0.1, -0.05) is 23.2 Å². The van der Waals surface area contributed by atoms with Gasteiger partial charge < -0.3 is 5.11 Å². The minimum Gasteiger partial charge on any atom is -0.858 e. The predicted octanol–water partition coefficient (Wildman–Crippen LogP) is 1.95. The van der Waals surface area contributed by atoms with E-state index < -0.39 is 27.0 Å². The lowest BCUT2D eigenvalue weighted by atomic mass is 10.2. The molecule has 1 aromatic rings. The van der Waals surface area contributed by atoms with Gasteiger partial charge in [0.05, 0.1) is 0 Å². The Balaban J connectivity index is 3.27. The Morgan fingerprint density at radius 3 is 2.00 bits per heavy atom. The Bertz CT molecular complexity index is 578. The van der Waals surface area contributed by atoms with Gasteiger partial charge in [-0.3, -0.25) is 0 Å². The SMILES string of the molecule is O=S(=O)(/N=C(\[O-])c1cc(Cl)cc(Cl)c1)C(F)(F)F. The molecule has 0 bridgehead atoms. The van der Waals surface area contributed by atoms with Gasteiger partial charge in [0.1, 0.15) is 0 Å². The molecule has 0 amide bonds. The van der Waals surface area contributed by atoms with Crippen LogP contribution in [0.1, 0.15) is 5.56 Å². The van der Waals surface area contributed by atoms with Crippen molar-refractivity contribution in [2.45, 2.75) is 5.51 Å². The van der Waals surface area contributed by atoms with E-state index in [4.69, 9.17) is 23.2 Å². The van der Waals surface area contributed by atoms with Crippen molar-refractivity contribution >= 4 is 39.1 Å². The van der Waals surface area contributed by atoms with Gasteiger partial charge in [-0.2, -0.15) is 26.0 Å². The molecule has 18 heavy (non-hydrogen) atoms. The number of alkyl halides is 3. The maximum absolute atomic E-state index is 12.0. The van der Waals surface area contributed by atoms with Crippen molar-refractivity contribution in [3.63, 3.8) is 0 Å². The lowest BCUT2D eigenvalue weighted by Gasteiger charge is -2.12. The summed E-state index contributed by atoms with van der Waals surface area (Å²) in [5, 5.41) is 11.2. The van der Waals surface area contributed by atoms with Gasteiger partial charge in [-0.25, -0.2) is 0 Å². The smallest absolute Gasteiger partial charge is 0.518 e. The first kappa shape index (κ1) is 15.1. The van der Waals surface area contributed by atoms with E-state index in [1.165, 1.54) is 6.07 Å². The van der Waals surface area contributed by atoms with Gasteiger partial charge in [0, 0.05) is 15.9 Å². The van der Waals surface area contributed by atoms with Gasteiger partial charge >= 0.3 is 15.5 Å². The molecule has 0 heterocycles. The molecule has 0 unspecified atom stereocenters. The molecule has 0 N–H and O–H groups in total. The van der Waals surface area contributed by atoms with Gasteiger partial charge in [0.15, 0.2) is 0 Å². The van der Waals surface area contributed by atoms with Crippen LogP contribution in [0.5, 0.6) is 0 Å². The molecule has 1 aromatic carbocycles. The van der Waals surface area contributed by atoms with E-state index in [0.29, 0.717) is 0 Å². The first-order chi connectivity index (χ1) is 8.03. The highest BCUT2D eigenvalue weighted by molar-refractivity contribution is 7.91. The third-order valence-electron chi connectivity index (χ3n) is 1.61. The molecule has 0 radical (unpaired) electrons. The van der Waals surface area contributed by atoms with Crippen molar-refractivity contribution in [3.05, 3.63) is 33.8 Å². The minimum atomic E-state index is -5.88. The van der Waals surface area contributed by atoms with Crippen LogP contribution in [0.3, 0.4) is 0 Å². The quantitative estimate of drug-likeness (QED) is 0.617. The number of hydrogen-bond donors (Lipinski definition) is 0. The third kappa shape index (κ3) is 3.50. The molecule has 1 rings (SSSR count). The number of rotatable bonds is 2. The monoisotopic (exact) mass is 320 g/mol. The topological polar surface area (TPSA) is 69.6 Å². The molecule has 0 fully saturated rings. The van der Waals surface area contributed by atoms with Crippen molar-refractivity contribution in [2.75, 3.05) is 0 Å². The molecule has 0 saturated carbocycles. The van der Waals surface area contributed by atoms with Crippen molar-refractivity contribution in [1.29, 1.82) is 0 Å². The van der Waals surface area contributed by atoms with E-state index in [9.17, 15) is 26.7 Å². The number of nitrogens with zero attached hydrogens (tertiary/aromatic N) is 1. The fraction of sp³-hybridized carbons (Fsp3) is 0.125. The lowest BCUT2D eigenvalue weighted by Crippen LogP contribution is -2.27. The maximum atomic E-state index is 12.0. The summed E-state index contributed by atoms with van der Waals surface area (Å²) in [5.74, 6) is -1.60. The summed E-state index contributed by atoms with van der Waals surface area (Å²) >= 11 is 11.0. The highest BCUT2D eigenvalue weighted by atomic mass is 35.5. The van der Waals surface area contributed by atoms with Crippen LogP contribution < -0.4 is 5.11 Å². The average Bonchev–Trinajstić information content (AvgIpc) is 2.13. The molecule has 0 atom stereocenters. The van der Waals surface area contributed by atoms with Crippen LogP contribution in [0.4, 0.5) is 13.2 Å². The van der Waals surface area contributed by atoms with Crippen LogP contribution in [-0.2, 0) is 10.0 Å². The molecule has 0 aliphatic carbocycles. The predicted molar refractivity (Wildman–Crippen MR) is 58.0 cm³/mol. The fourth-order valence-corrected chi connectivity index (χ4v) is 1.84.